The Kier molecular flexibility index (Phi) is 6.02. The van der Waals surface area contributed by atoms with Crippen LogP contribution in [0.25, 0.3) is 0 Å². The summed E-state index contributed by atoms with van der Waals surface area (Å²) < 4.78 is 11.0. The predicted molar refractivity (Wildman–Crippen MR) is 81.6 cm³/mol. The number of hydrogen-bond donors (Lipinski definition) is 2. The van der Waals surface area contributed by atoms with Crippen LogP contribution in [0.15, 0.2) is 24.3 Å². The van der Waals surface area contributed by atoms with Crippen LogP contribution in [0.4, 0.5) is 0 Å². The van der Waals surface area contributed by atoms with E-state index in [1.54, 1.807) is 0 Å². The molecule has 0 spiro atoms. The minimum Gasteiger partial charge on any atom is -0.491 e. The molecule has 1 aromatic rings. The molecular weight excluding hydrogens is 268 g/mol. The zero-order valence-electron chi connectivity index (χ0n) is 12.7. The molecule has 2 rings (SSSR count). The van der Waals surface area contributed by atoms with Gasteiger partial charge in [0.15, 0.2) is 0 Å². The topological polar surface area (TPSA) is 59.6 Å². The molecule has 1 aromatic carbocycles. The standard InChI is InChI=1S/C16H24N2O3/c1-12(2)13-5-3-4-6-15(13)21-10-8-18-16(19)14-11-20-9-7-17-14/h3-6,12,14,17H,7-11H2,1-2H3,(H,18,19). The number of carbonyl (C=O) groups is 1. The van der Waals surface area contributed by atoms with E-state index >= 15 is 0 Å². The molecule has 1 aliphatic heterocycles. The van der Waals surface area contributed by atoms with Gasteiger partial charge in [0.05, 0.1) is 19.8 Å². The molecule has 0 aliphatic carbocycles. The van der Waals surface area contributed by atoms with Crippen LogP contribution >= 0.6 is 0 Å². The Morgan fingerprint density at radius 2 is 2.29 bits per heavy atom. The molecule has 0 aromatic heterocycles. The smallest absolute Gasteiger partial charge is 0.239 e. The highest BCUT2D eigenvalue weighted by Crippen LogP contribution is 2.25. The van der Waals surface area contributed by atoms with Gasteiger partial charge in [-0.3, -0.25) is 4.79 Å². The fourth-order valence-electron chi connectivity index (χ4n) is 2.28. The van der Waals surface area contributed by atoms with E-state index in [1.165, 1.54) is 5.56 Å². The third-order valence-electron chi connectivity index (χ3n) is 3.44. The fraction of sp³-hybridized carbons (Fsp3) is 0.562. The molecule has 116 valence electrons. The number of carbonyl (C=O) groups excluding carboxylic acids is 1. The summed E-state index contributed by atoms with van der Waals surface area (Å²) in [5.41, 5.74) is 1.19. The van der Waals surface area contributed by atoms with E-state index in [-0.39, 0.29) is 11.9 Å². The van der Waals surface area contributed by atoms with Gasteiger partial charge in [0.1, 0.15) is 18.4 Å². The van der Waals surface area contributed by atoms with E-state index in [9.17, 15) is 4.79 Å². The third kappa shape index (κ3) is 4.72. The lowest BCUT2D eigenvalue weighted by atomic mass is 10.0. The van der Waals surface area contributed by atoms with Crippen molar-refractivity contribution in [3.8, 4) is 5.75 Å². The van der Waals surface area contributed by atoms with Crippen LogP contribution in [0, 0.1) is 0 Å². The number of morpholine rings is 1. The number of amides is 1. The molecule has 1 amide bonds. The molecule has 0 saturated carbocycles. The number of rotatable bonds is 6. The lowest BCUT2D eigenvalue weighted by Crippen LogP contribution is -2.51. The monoisotopic (exact) mass is 292 g/mol. The van der Waals surface area contributed by atoms with Crippen LogP contribution in [0.3, 0.4) is 0 Å². The van der Waals surface area contributed by atoms with Gasteiger partial charge in [0.2, 0.25) is 5.91 Å². The molecule has 0 radical (unpaired) electrons. The van der Waals surface area contributed by atoms with Crippen molar-refractivity contribution in [1.29, 1.82) is 0 Å². The first kappa shape index (κ1) is 15.8. The average molecular weight is 292 g/mol. The summed E-state index contributed by atoms with van der Waals surface area (Å²) in [6, 6.07) is 7.76. The lowest BCUT2D eigenvalue weighted by Gasteiger charge is -2.23. The minimum atomic E-state index is -0.248. The Morgan fingerprint density at radius 1 is 1.48 bits per heavy atom. The molecule has 1 aliphatic rings. The van der Waals surface area contributed by atoms with Crippen molar-refractivity contribution in [2.75, 3.05) is 32.9 Å². The fourth-order valence-corrected chi connectivity index (χ4v) is 2.28. The highest BCUT2D eigenvalue weighted by Gasteiger charge is 2.20. The van der Waals surface area contributed by atoms with Gasteiger partial charge in [-0.2, -0.15) is 0 Å². The first-order valence-corrected chi connectivity index (χ1v) is 7.49. The first-order chi connectivity index (χ1) is 10.2. The number of ether oxygens (including phenoxy) is 2. The Bertz CT molecular complexity index is 457. The lowest BCUT2D eigenvalue weighted by molar-refractivity contribution is -0.126. The summed E-state index contributed by atoms with van der Waals surface area (Å²) in [5, 5.41) is 5.99. The summed E-state index contributed by atoms with van der Waals surface area (Å²) in [5.74, 6) is 1.27. The van der Waals surface area contributed by atoms with Crippen molar-refractivity contribution >= 4 is 5.91 Å². The highest BCUT2D eigenvalue weighted by molar-refractivity contribution is 5.81. The van der Waals surface area contributed by atoms with Crippen LogP contribution in [0.2, 0.25) is 0 Å². The molecule has 21 heavy (non-hydrogen) atoms. The van der Waals surface area contributed by atoms with Gasteiger partial charge >= 0.3 is 0 Å². The molecule has 1 unspecified atom stereocenters. The maximum absolute atomic E-state index is 11.9. The van der Waals surface area contributed by atoms with Crippen LogP contribution in [-0.2, 0) is 9.53 Å². The summed E-state index contributed by atoms with van der Waals surface area (Å²) in [4.78, 5) is 11.9. The van der Waals surface area contributed by atoms with E-state index in [0.29, 0.717) is 32.3 Å². The summed E-state index contributed by atoms with van der Waals surface area (Å²) >= 11 is 0. The Hall–Kier alpha value is -1.59. The molecular formula is C16H24N2O3. The number of para-hydroxylation sites is 1. The molecule has 1 heterocycles. The number of nitrogens with one attached hydrogen (secondary N) is 2. The Morgan fingerprint density at radius 3 is 3.00 bits per heavy atom. The Balaban J connectivity index is 1.73. The van der Waals surface area contributed by atoms with Gasteiger partial charge in [0.25, 0.3) is 0 Å². The zero-order chi connectivity index (χ0) is 15.1. The molecule has 1 fully saturated rings. The second kappa shape index (κ2) is 8.00. The second-order valence-corrected chi connectivity index (χ2v) is 5.41. The molecule has 5 heteroatoms. The van der Waals surface area contributed by atoms with Crippen molar-refractivity contribution < 1.29 is 14.3 Å². The second-order valence-electron chi connectivity index (χ2n) is 5.41. The van der Waals surface area contributed by atoms with Crippen molar-refractivity contribution in [1.82, 2.24) is 10.6 Å². The normalized spacial score (nSPS) is 18.5. The van der Waals surface area contributed by atoms with Crippen LogP contribution in [-0.4, -0.2) is 44.9 Å². The quantitative estimate of drug-likeness (QED) is 0.776. The van der Waals surface area contributed by atoms with E-state index in [4.69, 9.17) is 9.47 Å². The molecule has 2 N–H and O–H groups in total. The number of hydrogen-bond acceptors (Lipinski definition) is 4. The third-order valence-corrected chi connectivity index (χ3v) is 3.44. The average Bonchev–Trinajstić information content (AvgIpc) is 2.52. The number of benzene rings is 1. The van der Waals surface area contributed by atoms with E-state index in [0.717, 1.165) is 12.3 Å². The maximum atomic E-state index is 11.9. The largest absolute Gasteiger partial charge is 0.491 e. The van der Waals surface area contributed by atoms with Gasteiger partial charge in [-0.1, -0.05) is 32.0 Å². The van der Waals surface area contributed by atoms with Crippen molar-refractivity contribution in [3.05, 3.63) is 29.8 Å². The predicted octanol–water partition coefficient (Wildman–Crippen LogP) is 1.29. The maximum Gasteiger partial charge on any atom is 0.239 e. The van der Waals surface area contributed by atoms with Gasteiger partial charge in [-0.15, -0.1) is 0 Å². The van der Waals surface area contributed by atoms with Crippen molar-refractivity contribution in [3.63, 3.8) is 0 Å². The molecule has 0 bridgehead atoms. The van der Waals surface area contributed by atoms with Crippen LogP contribution < -0.4 is 15.4 Å². The van der Waals surface area contributed by atoms with Gasteiger partial charge in [0, 0.05) is 6.54 Å². The van der Waals surface area contributed by atoms with Crippen LogP contribution in [0.1, 0.15) is 25.3 Å². The Labute approximate surface area is 126 Å². The van der Waals surface area contributed by atoms with Crippen molar-refractivity contribution in [2.45, 2.75) is 25.8 Å². The summed E-state index contributed by atoms with van der Waals surface area (Å²) in [6.45, 7) is 7.04. The van der Waals surface area contributed by atoms with E-state index in [1.807, 2.05) is 18.2 Å². The zero-order valence-corrected chi connectivity index (χ0v) is 12.7. The summed E-state index contributed by atoms with van der Waals surface area (Å²) in [7, 11) is 0. The molecule has 1 atom stereocenters. The van der Waals surface area contributed by atoms with E-state index < -0.39 is 0 Å². The SMILES string of the molecule is CC(C)c1ccccc1OCCNC(=O)C1COCCN1. The minimum absolute atomic E-state index is 0.0320. The van der Waals surface area contributed by atoms with E-state index in [2.05, 4.69) is 30.5 Å². The van der Waals surface area contributed by atoms with Gasteiger partial charge < -0.3 is 20.1 Å². The van der Waals surface area contributed by atoms with Crippen LogP contribution in [0.5, 0.6) is 5.75 Å². The summed E-state index contributed by atoms with van der Waals surface area (Å²) in [6.07, 6.45) is 0. The van der Waals surface area contributed by atoms with Crippen molar-refractivity contribution in [2.24, 2.45) is 0 Å². The van der Waals surface area contributed by atoms with Gasteiger partial charge in [-0.05, 0) is 17.5 Å². The van der Waals surface area contributed by atoms with Gasteiger partial charge in [-0.25, -0.2) is 0 Å². The first-order valence-electron chi connectivity index (χ1n) is 7.49. The molecule has 5 nitrogen and oxygen atoms in total. The highest BCUT2D eigenvalue weighted by atomic mass is 16.5. The molecule has 1 saturated heterocycles.